The molecule has 0 aromatic carbocycles. The van der Waals surface area contributed by atoms with Crippen LogP contribution in [0.4, 0.5) is 0 Å². The van der Waals surface area contributed by atoms with Crippen molar-refractivity contribution in [3.63, 3.8) is 0 Å². The molecule has 0 aromatic rings. The third-order valence-electron chi connectivity index (χ3n) is 5.99. The second kappa shape index (κ2) is 6.22. The van der Waals surface area contributed by atoms with Crippen LogP contribution in [0.25, 0.3) is 0 Å². The Bertz CT molecular complexity index is 588. The van der Waals surface area contributed by atoms with Crippen molar-refractivity contribution in [2.24, 2.45) is 17.3 Å². The zero-order chi connectivity index (χ0) is 17.4. The van der Waals surface area contributed by atoms with E-state index in [9.17, 15) is 19.5 Å². The van der Waals surface area contributed by atoms with Crippen LogP contribution in [-0.2, 0) is 14.4 Å². The predicted molar refractivity (Wildman–Crippen MR) is 88.1 cm³/mol. The molecule has 0 aromatic heterocycles. The molecule has 2 amide bonds. The first kappa shape index (κ1) is 17.0. The summed E-state index contributed by atoms with van der Waals surface area (Å²) in [4.78, 5) is 37.1. The molecule has 4 unspecified atom stereocenters. The number of fused-ring (bicyclic) bond motifs is 2. The lowest BCUT2D eigenvalue weighted by molar-refractivity contribution is -0.147. The van der Waals surface area contributed by atoms with Crippen LogP contribution in [0.2, 0.25) is 0 Å². The minimum atomic E-state index is -1.19. The van der Waals surface area contributed by atoms with E-state index in [1.54, 1.807) is 6.92 Å². The zero-order valence-electron chi connectivity index (χ0n) is 14.1. The summed E-state index contributed by atoms with van der Waals surface area (Å²) < 4.78 is 0. The largest absolute Gasteiger partial charge is 0.479 e. The van der Waals surface area contributed by atoms with E-state index in [1.165, 1.54) is 0 Å². The smallest absolute Gasteiger partial charge is 0.330 e. The molecule has 0 bridgehead atoms. The summed E-state index contributed by atoms with van der Waals surface area (Å²) in [5.74, 6) is -1.89. The first-order chi connectivity index (χ1) is 11.4. The average molecular weight is 334 g/mol. The highest BCUT2D eigenvalue weighted by molar-refractivity contribution is 5.96. The van der Waals surface area contributed by atoms with E-state index in [1.807, 2.05) is 12.2 Å². The molecule has 0 spiro atoms. The van der Waals surface area contributed by atoms with Crippen LogP contribution in [0, 0.1) is 17.3 Å². The highest BCUT2D eigenvalue weighted by Crippen LogP contribution is 2.48. The first-order valence-corrected chi connectivity index (χ1v) is 8.90. The number of hydrogen-bond donors (Lipinski definition) is 3. The van der Waals surface area contributed by atoms with Crippen molar-refractivity contribution in [2.75, 3.05) is 6.54 Å². The summed E-state index contributed by atoms with van der Waals surface area (Å²) >= 11 is 0. The van der Waals surface area contributed by atoms with Crippen LogP contribution < -0.4 is 10.6 Å². The number of carbonyl (C=O) groups is 3. The molecule has 1 aliphatic heterocycles. The molecule has 3 N–H and O–H groups in total. The highest BCUT2D eigenvalue weighted by Gasteiger charge is 2.62. The van der Waals surface area contributed by atoms with Gasteiger partial charge in [0.25, 0.3) is 0 Å². The molecular formula is C18H26N2O4. The maximum absolute atomic E-state index is 12.9. The van der Waals surface area contributed by atoms with Crippen LogP contribution in [0.15, 0.2) is 12.2 Å². The second-order valence-electron chi connectivity index (χ2n) is 7.62. The van der Waals surface area contributed by atoms with Gasteiger partial charge < -0.3 is 15.7 Å². The number of aliphatic carboxylic acids is 1. The molecule has 1 heterocycles. The van der Waals surface area contributed by atoms with Crippen LogP contribution in [0.3, 0.4) is 0 Å². The fraction of sp³-hybridized carbons (Fsp3) is 0.722. The Morgan fingerprint density at radius 1 is 1.29 bits per heavy atom. The van der Waals surface area contributed by atoms with Gasteiger partial charge in [-0.2, -0.15) is 0 Å². The standard InChI is InChI=1S/C18H26N2O4/c1-17-9-6-8-13(17)14(21)19-10-5-3-2-4-7-12-11-18(12,16(23)24)20-15(17)22/h4,7,12-13H,2-3,5-6,8-11H2,1H3,(H,19,21)(H,20,22)(H,23,24)/b7-4-. The molecule has 3 rings (SSSR count). The summed E-state index contributed by atoms with van der Waals surface area (Å²) in [7, 11) is 0. The van der Waals surface area contributed by atoms with Gasteiger partial charge in [-0.05, 0) is 45.4 Å². The molecule has 24 heavy (non-hydrogen) atoms. The number of nitrogens with one attached hydrogen (secondary N) is 2. The second-order valence-corrected chi connectivity index (χ2v) is 7.62. The number of hydrogen-bond acceptors (Lipinski definition) is 3. The Morgan fingerprint density at radius 3 is 2.83 bits per heavy atom. The molecule has 132 valence electrons. The molecule has 6 nitrogen and oxygen atoms in total. The minimum Gasteiger partial charge on any atom is -0.479 e. The number of carboxylic acid groups (broad SMARTS) is 1. The van der Waals surface area contributed by atoms with Crippen molar-refractivity contribution in [1.29, 1.82) is 0 Å². The lowest BCUT2D eigenvalue weighted by atomic mass is 9.78. The Kier molecular flexibility index (Phi) is 4.40. The number of allylic oxidation sites excluding steroid dienone is 1. The Balaban J connectivity index is 1.86. The average Bonchev–Trinajstić information content (AvgIpc) is 3.08. The van der Waals surface area contributed by atoms with Crippen LogP contribution in [0.1, 0.15) is 51.9 Å². The van der Waals surface area contributed by atoms with Gasteiger partial charge >= 0.3 is 5.97 Å². The van der Waals surface area contributed by atoms with Gasteiger partial charge in [0.1, 0.15) is 5.54 Å². The van der Waals surface area contributed by atoms with E-state index in [4.69, 9.17) is 0 Å². The first-order valence-electron chi connectivity index (χ1n) is 8.90. The van der Waals surface area contributed by atoms with Gasteiger partial charge in [0.2, 0.25) is 11.8 Å². The van der Waals surface area contributed by atoms with Crippen molar-refractivity contribution < 1.29 is 19.5 Å². The Hall–Kier alpha value is -1.85. The summed E-state index contributed by atoms with van der Waals surface area (Å²) in [5.41, 5.74) is -2.02. The molecular weight excluding hydrogens is 308 g/mol. The summed E-state index contributed by atoms with van der Waals surface area (Å²) in [6.45, 7) is 2.43. The molecule has 6 heteroatoms. The predicted octanol–water partition coefficient (Wildman–Crippen LogP) is 1.61. The minimum absolute atomic E-state index is 0.0746. The third kappa shape index (κ3) is 2.82. The zero-order valence-corrected chi connectivity index (χ0v) is 14.1. The molecule has 2 fully saturated rings. The van der Waals surface area contributed by atoms with Gasteiger partial charge in [-0.1, -0.05) is 18.6 Å². The fourth-order valence-corrected chi connectivity index (χ4v) is 4.15. The highest BCUT2D eigenvalue weighted by atomic mass is 16.4. The molecule has 3 aliphatic rings. The molecule has 4 atom stereocenters. The number of amides is 2. The van der Waals surface area contributed by atoms with E-state index in [0.29, 0.717) is 25.8 Å². The van der Waals surface area contributed by atoms with Gasteiger partial charge in [-0.25, -0.2) is 4.79 Å². The van der Waals surface area contributed by atoms with Crippen molar-refractivity contribution in [1.82, 2.24) is 10.6 Å². The quantitative estimate of drug-likeness (QED) is 0.635. The third-order valence-corrected chi connectivity index (χ3v) is 5.99. The van der Waals surface area contributed by atoms with Gasteiger partial charge in [0.05, 0.1) is 11.3 Å². The monoisotopic (exact) mass is 334 g/mol. The van der Waals surface area contributed by atoms with E-state index in [0.717, 1.165) is 25.7 Å². The number of carbonyl (C=O) groups excluding carboxylic acids is 2. The van der Waals surface area contributed by atoms with Gasteiger partial charge in [0.15, 0.2) is 0 Å². The number of carboxylic acids is 1. The molecule has 2 saturated carbocycles. The number of rotatable bonds is 1. The Labute approximate surface area is 142 Å². The summed E-state index contributed by atoms with van der Waals surface area (Å²) in [6, 6.07) is 0. The lowest BCUT2D eigenvalue weighted by Crippen LogP contribution is -2.53. The lowest BCUT2D eigenvalue weighted by Gasteiger charge is -2.31. The Morgan fingerprint density at radius 2 is 2.08 bits per heavy atom. The molecule has 2 aliphatic carbocycles. The van der Waals surface area contributed by atoms with E-state index >= 15 is 0 Å². The van der Waals surface area contributed by atoms with E-state index < -0.39 is 16.9 Å². The van der Waals surface area contributed by atoms with Gasteiger partial charge in [0, 0.05) is 12.5 Å². The maximum atomic E-state index is 12.9. The van der Waals surface area contributed by atoms with Crippen molar-refractivity contribution in [3.05, 3.63) is 12.2 Å². The van der Waals surface area contributed by atoms with Gasteiger partial charge in [-0.3, -0.25) is 9.59 Å². The van der Waals surface area contributed by atoms with Crippen molar-refractivity contribution in [2.45, 2.75) is 57.4 Å². The molecule has 0 saturated heterocycles. The van der Waals surface area contributed by atoms with E-state index in [-0.39, 0.29) is 23.7 Å². The van der Waals surface area contributed by atoms with Crippen molar-refractivity contribution in [3.8, 4) is 0 Å². The summed E-state index contributed by atoms with van der Waals surface area (Å²) in [5, 5.41) is 15.3. The topological polar surface area (TPSA) is 95.5 Å². The molecule has 0 radical (unpaired) electrons. The van der Waals surface area contributed by atoms with Crippen LogP contribution in [-0.4, -0.2) is 35.0 Å². The SMILES string of the molecule is CC12CCCC1C(=O)NCCCC/C=C\C1CC1(C(=O)O)NC2=O. The normalized spacial score (nSPS) is 41.2. The van der Waals surface area contributed by atoms with E-state index in [2.05, 4.69) is 10.6 Å². The van der Waals surface area contributed by atoms with Crippen LogP contribution in [0.5, 0.6) is 0 Å². The van der Waals surface area contributed by atoms with Crippen molar-refractivity contribution >= 4 is 17.8 Å². The maximum Gasteiger partial charge on any atom is 0.330 e. The van der Waals surface area contributed by atoms with Crippen LogP contribution >= 0.6 is 0 Å². The summed E-state index contributed by atoms with van der Waals surface area (Å²) in [6.07, 6.45) is 9.16. The van der Waals surface area contributed by atoms with Gasteiger partial charge in [-0.15, -0.1) is 0 Å². The fourth-order valence-electron chi connectivity index (χ4n) is 4.15.